The number of carbonyl (C=O) groups is 2. The number of benzene rings is 1. The van der Waals surface area contributed by atoms with Gasteiger partial charge < -0.3 is 19.8 Å². The Bertz CT molecular complexity index is 1170. The number of methoxy groups -OCH3 is 1. The molecule has 10 heteroatoms. The third kappa shape index (κ3) is 4.06. The molecule has 1 atom stereocenters. The average Bonchev–Trinajstić information content (AvgIpc) is 3.39. The summed E-state index contributed by atoms with van der Waals surface area (Å²) >= 11 is 1.27. The van der Waals surface area contributed by atoms with Gasteiger partial charge in [-0.2, -0.15) is 4.68 Å². The number of amides is 1. The van der Waals surface area contributed by atoms with Crippen LogP contribution in [0.5, 0.6) is 0 Å². The average molecular weight is 440 g/mol. The molecule has 0 spiro atoms. The van der Waals surface area contributed by atoms with Crippen LogP contribution in [0.4, 0.5) is 5.82 Å². The molecule has 4 rings (SSSR count). The van der Waals surface area contributed by atoms with Crippen LogP contribution in [-0.4, -0.2) is 44.6 Å². The Morgan fingerprint density at radius 2 is 2.03 bits per heavy atom. The number of aryl methyl sites for hydroxylation is 1. The fourth-order valence-electron chi connectivity index (χ4n) is 3.71. The summed E-state index contributed by atoms with van der Waals surface area (Å²) in [6, 6.07) is 10.2. The van der Waals surface area contributed by atoms with Gasteiger partial charge in [-0.05, 0) is 40.0 Å². The lowest BCUT2D eigenvalue weighted by Crippen LogP contribution is -2.49. The molecule has 0 fully saturated rings. The molecule has 0 N–H and O–H groups in total. The van der Waals surface area contributed by atoms with Crippen molar-refractivity contribution in [3.63, 3.8) is 0 Å². The molecular formula is C21H20N4O5S. The summed E-state index contributed by atoms with van der Waals surface area (Å²) in [5, 5.41) is 16.7. The highest BCUT2D eigenvalue weighted by molar-refractivity contribution is 7.12. The van der Waals surface area contributed by atoms with Crippen LogP contribution < -0.4 is 0 Å². The number of rotatable bonds is 5. The first-order valence-electron chi connectivity index (χ1n) is 9.59. The van der Waals surface area contributed by atoms with Crippen LogP contribution >= 0.6 is 11.3 Å². The lowest BCUT2D eigenvalue weighted by Gasteiger charge is -2.34. The number of nitrogens with zero attached hydrogens (tertiary/aromatic N) is 4. The molecule has 0 saturated heterocycles. The van der Waals surface area contributed by atoms with Crippen molar-refractivity contribution in [2.24, 2.45) is 0 Å². The molecule has 1 aromatic carbocycles. The SMILES string of the molecule is COC(=O)C1Cc2ccccc2CN1C(=O)c1cc(Cn2nc([N+](=O)[O-])cc2C)cs1. The number of fused-ring (bicyclic) bond motifs is 1. The Morgan fingerprint density at radius 3 is 2.71 bits per heavy atom. The number of thiophene rings is 1. The van der Waals surface area contributed by atoms with Crippen LogP contribution in [0, 0.1) is 17.0 Å². The molecule has 0 radical (unpaired) electrons. The van der Waals surface area contributed by atoms with Crippen molar-refractivity contribution < 1.29 is 19.2 Å². The van der Waals surface area contributed by atoms with E-state index in [1.54, 1.807) is 17.9 Å². The quantitative estimate of drug-likeness (QED) is 0.343. The van der Waals surface area contributed by atoms with Crippen molar-refractivity contribution in [3.05, 3.63) is 79.2 Å². The van der Waals surface area contributed by atoms with E-state index in [-0.39, 0.29) is 11.7 Å². The molecule has 9 nitrogen and oxygen atoms in total. The molecule has 1 amide bonds. The normalized spacial score (nSPS) is 15.4. The number of esters is 1. The van der Waals surface area contributed by atoms with Gasteiger partial charge in [0, 0.05) is 13.0 Å². The fraction of sp³-hybridized carbons (Fsp3) is 0.286. The fourth-order valence-corrected chi connectivity index (χ4v) is 4.57. The summed E-state index contributed by atoms with van der Waals surface area (Å²) in [6.07, 6.45) is 0.406. The lowest BCUT2D eigenvalue weighted by molar-refractivity contribution is -0.389. The molecule has 3 aromatic rings. The van der Waals surface area contributed by atoms with Crippen LogP contribution in [0.15, 0.2) is 41.8 Å². The van der Waals surface area contributed by atoms with E-state index in [1.165, 1.54) is 29.2 Å². The van der Waals surface area contributed by atoms with Crippen molar-refractivity contribution in [2.45, 2.75) is 32.5 Å². The Labute approximate surface area is 182 Å². The Kier molecular flexibility index (Phi) is 5.55. The van der Waals surface area contributed by atoms with Gasteiger partial charge in [-0.15, -0.1) is 11.3 Å². The maximum absolute atomic E-state index is 13.3. The van der Waals surface area contributed by atoms with Crippen LogP contribution in [0.2, 0.25) is 0 Å². The highest BCUT2D eigenvalue weighted by Gasteiger charge is 2.36. The summed E-state index contributed by atoms with van der Waals surface area (Å²) in [6.45, 7) is 2.38. The predicted molar refractivity (Wildman–Crippen MR) is 113 cm³/mol. The number of carbonyl (C=O) groups excluding carboxylic acids is 2. The lowest BCUT2D eigenvalue weighted by atomic mass is 9.93. The van der Waals surface area contributed by atoms with Crippen LogP contribution in [0.25, 0.3) is 0 Å². The van der Waals surface area contributed by atoms with E-state index in [0.29, 0.717) is 30.1 Å². The summed E-state index contributed by atoms with van der Waals surface area (Å²) in [5.41, 5.74) is 3.50. The number of nitro groups is 1. The summed E-state index contributed by atoms with van der Waals surface area (Å²) in [7, 11) is 1.32. The van der Waals surface area contributed by atoms with Crippen LogP contribution in [0.3, 0.4) is 0 Å². The van der Waals surface area contributed by atoms with Crippen molar-refractivity contribution in [3.8, 4) is 0 Å². The minimum Gasteiger partial charge on any atom is -0.467 e. The van der Waals surface area contributed by atoms with E-state index in [9.17, 15) is 19.7 Å². The van der Waals surface area contributed by atoms with Gasteiger partial charge in [0.1, 0.15) is 6.04 Å². The van der Waals surface area contributed by atoms with Crippen LogP contribution in [-0.2, 0) is 29.0 Å². The van der Waals surface area contributed by atoms with Gasteiger partial charge in [-0.3, -0.25) is 4.79 Å². The van der Waals surface area contributed by atoms with Crippen molar-refractivity contribution in [2.75, 3.05) is 7.11 Å². The third-order valence-electron chi connectivity index (χ3n) is 5.33. The number of aromatic nitrogens is 2. The predicted octanol–water partition coefficient (Wildman–Crippen LogP) is 2.95. The van der Waals surface area contributed by atoms with Crippen molar-refractivity contribution >= 4 is 29.0 Å². The minimum absolute atomic E-state index is 0.211. The van der Waals surface area contributed by atoms with Crippen molar-refractivity contribution in [1.82, 2.24) is 14.7 Å². The number of ether oxygens (including phenoxy) is 1. The maximum Gasteiger partial charge on any atom is 0.390 e. The van der Waals surface area contributed by atoms with Gasteiger partial charge in [0.15, 0.2) is 0 Å². The van der Waals surface area contributed by atoms with Crippen LogP contribution in [0.1, 0.15) is 32.1 Å². The second kappa shape index (κ2) is 8.31. The monoisotopic (exact) mass is 440 g/mol. The largest absolute Gasteiger partial charge is 0.467 e. The molecule has 0 saturated carbocycles. The van der Waals surface area contributed by atoms with E-state index in [1.807, 2.05) is 29.6 Å². The smallest absolute Gasteiger partial charge is 0.390 e. The van der Waals surface area contributed by atoms with Gasteiger partial charge >= 0.3 is 11.8 Å². The molecule has 1 unspecified atom stereocenters. The molecule has 2 aromatic heterocycles. The van der Waals surface area contributed by atoms with E-state index < -0.39 is 16.9 Å². The zero-order valence-electron chi connectivity index (χ0n) is 17.0. The van der Waals surface area contributed by atoms with Gasteiger partial charge in [0.2, 0.25) is 0 Å². The molecular weight excluding hydrogens is 420 g/mol. The molecule has 31 heavy (non-hydrogen) atoms. The van der Waals surface area contributed by atoms with Crippen molar-refractivity contribution in [1.29, 1.82) is 0 Å². The molecule has 1 aliphatic rings. The van der Waals surface area contributed by atoms with Gasteiger partial charge in [0.25, 0.3) is 5.91 Å². The second-order valence-corrected chi connectivity index (χ2v) is 8.23. The number of hydrogen-bond donors (Lipinski definition) is 0. The Morgan fingerprint density at radius 1 is 1.29 bits per heavy atom. The molecule has 160 valence electrons. The zero-order valence-corrected chi connectivity index (χ0v) is 17.8. The second-order valence-electron chi connectivity index (χ2n) is 7.32. The Balaban J connectivity index is 1.57. The zero-order chi connectivity index (χ0) is 22.1. The standard InChI is InChI=1S/C21H20N4O5S/c1-13-7-19(25(28)29)22-24(13)10-14-8-18(31-12-14)20(26)23-11-16-6-4-3-5-15(16)9-17(23)21(27)30-2/h3-8,12,17H,9-11H2,1-2H3. The Hall–Kier alpha value is -3.53. The van der Waals surface area contributed by atoms with E-state index >= 15 is 0 Å². The highest BCUT2D eigenvalue weighted by atomic mass is 32.1. The number of hydrogen-bond acceptors (Lipinski definition) is 7. The molecule has 0 aliphatic carbocycles. The van der Waals surface area contributed by atoms with E-state index in [4.69, 9.17) is 4.74 Å². The first-order chi connectivity index (χ1) is 14.9. The van der Waals surface area contributed by atoms with Gasteiger partial charge in [0.05, 0.1) is 35.4 Å². The van der Waals surface area contributed by atoms with Gasteiger partial charge in [-0.1, -0.05) is 24.3 Å². The van der Waals surface area contributed by atoms with Gasteiger partial charge in [-0.25, -0.2) is 4.79 Å². The van der Waals surface area contributed by atoms with E-state index in [0.717, 1.165) is 16.7 Å². The molecule has 3 heterocycles. The maximum atomic E-state index is 13.3. The summed E-state index contributed by atoms with van der Waals surface area (Å²) in [5.74, 6) is -0.902. The molecule has 1 aliphatic heterocycles. The highest BCUT2D eigenvalue weighted by Crippen LogP contribution is 2.28. The topological polar surface area (TPSA) is 108 Å². The minimum atomic E-state index is -0.686. The first-order valence-corrected chi connectivity index (χ1v) is 10.5. The molecule has 0 bridgehead atoms. The summed E-state index contributed by atoms with van der Waals surface area (Å²) < 4.78 is 6.47. The van der Waals surface area contributed by atoms with E-state index in [2.05, 4.69) is 5.10 Å². The third-order valence-corrected chi connectivity index (χ3v) is 6.30. The first kappa shape index (κ1) is 20.7. The summed E-state index contributed by atoms with van der Waals surface area (Å²) in [4.78, 5) is 38.1.